The van der Waals surface area contributed by atoms with E-state index in [0.717, 1.165) is 19.3 Å². The third kappa shape index (κ3) is 5.09. The van der Waals surface area contributed by atoms with Gasteiger partial charge in [0, 0.05) is 17.8 Å². The largest absolute Gasteiger partial charge is 0.459 e. The van der Waals surface area contributed by atoms with Crippen LogP contribution in [0.2, 0.25) is 0 Å². The number of ether oxygens (including phenoxy) is 4. The van der Waals surface area contributed by atoms with Crippen molar-refractivity contribution in [2.75, 3.05) is 0 Å². The van der Waals surface area contributed by atoms with Gasteiger partial charge in [-0.3, -0.25) is 23.7 Å². The number of hydrogen-bond donors (Lipinski definition) is 1. The third-order valence-corrected chi connectivity index (χ3v) is 11.7. The van der Waals surface area contributed by atoms with Gasteiger partial charge in [0.1, 0.15) is 17.8 Å². The Morgan fingerprint density at radius 3 is 2.29 bits per heavy atom. The van der Waals surface area contributed by atoms with Gasteiger partial charge >= 0.3 is 39.2 Å². The summed E-state index contributed by atoms with van der Waals surface area (Å²) in [4.78, 5) is 51.3. The molecule has 0 aromatic rings. The lowest BCUT2D eigenvalue weighted by molar-refractivity contribution is -0.184. The smallest absolute Gasteiger partial charge is 0.405 e. The fourth-order valence-corrected chi connectivity index (χ4v) is 9.04. The fraction of sp³-hybridized carbons (Fsp3) is 0.857. The molecule has 1 saturated heterocycles. The minimum absolute atomic E-state index is 0.269. The fourth-order valence-electron chi connectivity index (χ4n) is 8.57. The van der Waals surface area contributed by atoms with Gasteiger partial charge in [0.15, 0.2) is 6.10 Å². The maximum absolute atomic E-state index is 13.8. The van der Waals surface area contributed by atoms with Crippen LogP contribution in [0.15, 0.2) is 0 Å². The second kappa shape index (κ2) is 11.0. The zero-order chi connectivity index (χ0) is 30.8. The van der Waals surface area contributed by atoms with Crippen LogP contribution < -0.4 is 0 Å². The summed E-state index contributed by atoms with van der Waals surface area (Å²) in [5.74, 6) is -4.09. The second-order valence-electron chi connectivity index (χ2n) is 12.6. The molecule has 1 aliphatic heterocycles. The van der Waals surface area contributed by atoms with E-state index in [4.69, 9.17) is 18.8 Å². The van der Waals surface area contributed by atoms with Crippen LogP contribution in [0.4, 0.5) is 8.78 Å². The van der Waals surface area contributed by atoms with Crippen molar-refractivity contribution < 1.29 is 59.9 Å². The van der Waals surface area contributed by atoms with Crippen molar-refractivity contribution in [3.8, 4) is 0 Å². The minimum Gasteiger partial charge on any atom is -0.459 e. The monoisotopic (exact) mass is 620 g/mol. The second-order valence-corrected chi connectivity index (χ2v) is 14.1. The molecule has 4 aliphatic carbocycles. The van der Waals surface area contributed by atoms with Crippen molar-refractivity contribution in [3.05, 3.63) is 0 Å². The van der Waals surface area contributed by atoms with Gasteiger partial charge in [0.25, 0.3) is 0 Å². The number of fused-ring (bicyclic) bond motifs is 3. The van der Waals surface area contributed by atoms with E-state index in [0.29, 0.717) is 38.0 Å². The van der Waals surface area contributed by atoms with Crippen LogP contribution in [-0.4, -0.2) is 66.0 Å². The number of halogens is 2. The Balaban J connectivity index is 1.22. The lowest BCUT2D eigenvalue weighted by Crippen LogP contribution is -2.49. The molecule has 0 aromatic heterocycles. The van der Waals surface area contributed by atoms with Crippen LogP contribution in [-0.2, 0) is 48.2 Å². The van der Waals surface area contributed by atoms with E-state index in [2.05, 4.69) is 4.74 Å². The highest BCUT2D eigenvalue weighted by atomic mass is 32.2. The van der Waals surface area contributed by atoms with Crippen LogP contribution >= 0.6 is 0 Å². The van der Waals surface area contributed by atoms with Gasteiger partial charge in [-0.05, 0) is 57.3 Å². The third-order valence-electron chi connectivity index (χ3n) is 10.7. The predicted molar refractivity (Wildman–Crippen MR) is 138 cm³/mol. The molecule has 236 valence electrons. The summed E-state index contributed by atoms with van der Waals surface area (Å²) in [5, 5.41) is -4.73. The molecule has 14 heteroatoms. The van der Waals surface area contributed by atoms with E-state index in [-0.39, 0.29) is 11.8 Å². The van der Waals surface area contributed by atoms with Gasteiger partial charge in [-0.25, -0.2) is 0 Å². The zero-order valence-corrected chi connectivity index (χ0v) is 24.6. The number of carbonyl (C=O) groups excluding carboxylic acids is 4. The maximum atomic E-state index is 13.8. The number of rotatable bonds is 12. The Hall–Kier alpha value is -2.35. The molecule has 5 rings (SSSR count). The molecule has 0 amide bonds. The summed E-state index contributed by atoms with van der Waals surface area (Å²) < 4.78 is 79.5. The van der Waals surface area contributed by atoms with E-state index in [1.807, 2.05) is 13.8 Å². The van der Waals surface area contributed by atoms with E-state index in [1.54, 1.807) is 0 Å². The first-order valence-electron chi connectivity index (χ1n) is 14.8. The lowest BCUT2D eigenvalue weighted by Gasteiger charge is -2.43. The zero-order valence-electron chi connectivity index (χ0n) is 23.8. The first-order chi connectivity index (χ1) is 19.6. The maximum Gasteiger partial charge on any atom is 0.405 e. The quantitative estimate of drug-likeness (QED) is 0.193. The molecule has 42 heavy (non-hydrogen) atoms. The first-order valence-corrected chi connectivity index (χ1v) is 16.2. The molecule has 5 aliphatic rings. The molecule has 10 unspecified atom stereocenters. The summed E-state index contributed by atoms with van der Waals surface area (Å²) in [5.41, 5.74) is -0.628. The number of hydrogen-bond acceptors (Lipinski definition) is 10. The van der Waals surface area contributed by atoms with Crippen LogP contribution in [0.25, 0.3) is 0 Å². The van der Waals surface area contributed by atoms with E-state index >= 15 is 0 Å². The highest BCUT2D eigenvalue weighted by Crippen LogP contribution is 2.60. The van der Waals surface area contributed by atoms with Crippen molar-refractivity contribution in [1.29, 1.82) is 0 Å². The molecule has 0 aromatic carbocycles. The standard InChI is InChI=1S/C28H38F2O11S/c1-4-27(5-2,18-11-14-6-7-15(18)10-14)41-26(34)22-17-12-16-21(22)25(33)40-24(16)23(17)39-20(32)9-8-19(31)38-13(3)28(29,30)42(35,36)37/h13-18,21-24H,4-12H2,1-3H3,(H,35,36,37). The van der Waals surface area contributed by atoms with E-state index in [1.165, 1.54) is 6.42 Å². The van der Waals surface area contributed by atoms with Gasteiger partial charge in [0.2, 0.25) is 0 Å². The van der Waals surface area contributed by atoms with Crippen LogP contribution in [0.3, 0.4) is 0 Å². The average Bonchev–Trinajstić information content (AvgIpc) is 3.73. The number of esters is 4. The summed E-state index contributed by atoms with van der Waals surface area (Å²) in [7, 11) is -5.83. The van der Waals surface area contributed by atoms with Crippen LogP contribution in [0, 0.1) is 41.4 Å². The van der Waals surface area contributed by atoms with Gasteiger partial charge < -0.3 is 18.9 Å². The molecule has 4 bridgehead atoms. The van der Waals surface area contributed by atoms with Crippen molar-refractivity contribution in [2.24, 2.45) is 41.4 Å². The van der Waals surface area contributed by atoms with Gasteiger partial charge in [-0.15, -0.1) is 0 Å². The number of alkyl halides is 2. The normalized spacial score (nSPS) is 35.7. The van der Waals surface area contributed by atoms with Gasteiger partial charge in [-0.2, -0.15) is 17.2 Å². The summed E-state index contributed by atoms with van der Waals surface area (Å²) >= 11 is 0. The molecule has 0 spiro atoms. The Bertz CT molecular complexity index is 1230. The van der Waals surface area contributed by atoms with Crippen molar-refractivity contribution >= 4 is 34.0 Å². The SMILES string of the molecule is CCC(CC)(OC(=O)C1C2CC3C(OC(=O)C31)C2OC(=O)CCC(=O)OC(C)C(F)(F)S(=O)(=O)O)C1CC2CCC1C2. The highest BCUT2D eigenvalue weighted by molar-refractivity contribution is 7.86. The molecule has 10 atom stereocenters. The Morgan fingerprint density at radius 2 is 1.71 bits per heavy atom. The van der Waals surface area contributed by atoms with Crippen molar-refractivity contribution in [2.45, 2.75) is 108 Å². The Morgan fingerprint density at radius 1 is 1.05 bits per heavy atom. The Labute approximate surface area is 243 Å². The average molecular weight is 621 g/mol. The van der Waals surface area contributed by atoms with Crippen LogP contribution in [0.5, 0.6) is 0 Å². The van der Waals surface area contributed by atoms with Crippen molar-refractivity contribution in [1.82, 2.24) is 0 Å². The molecule has 5 fully saturated rings. The molecule has 11 nitrogen and oxygen atoms in total. The molecule has 1 heterocycles. The first kappa shape index (κ1) is 31.1. The Kier molecular flexibility index (Phi) is 8.12. The predicted octanol–water partition coefficient (Wildman–Crippen LogP) is 3.44. The molecule has 1 N–H and O–H groups in total. The van der Waals surface area contributed by atoms with E-state index < -0.39 is 93.8 Å². The van der Waals surface area contributed by atoms with Gasteiger partial charge in [-0.1, -0.05) is 20.3 Å². The highest BCUT2D eigenvalue weighted by Gasteiger charge is 2.70. The van der Waals surface area contributed by atoms with Crippen molar-refractivity contribution in [3.63, 3.8) is 0 Å². The van der Waals surface area contributed by atoms with Gasteiger partial charge in [0.05, 0.1) is 24.7 Å². The minimum atomic E-state index is -5.83. The summed E-state index contributed by atoms with van der Waals surface area (Å²) in [6, 6.07) is 0. The van der Waals surface area contributed by atoms with Crippen LogP contribution in [0.1, 0.15) is 78.6 Å². The van der Waals surface area contributed by atoms with E-state index in [9.17, 15) is 36.4 Å². The summed E-state index contributed by atoms with van der Waals surface area (Å²) in [6.07, 6.45) is 0.822. The molecule has 4 saturated carbocycles. The number of carbonyl (C=O) groups is 4. The summed E-state index contributed by atoms with van der Waals surface area (Å²) in [6.45, 7) is 4.62. The molecule has 0 radical (unpaired) electrons. The topological polar surface area (TPSA) is 160 Å². The molecular weight excluding hydrogens is 582 g/mol. The molecular formula is C28H38F2O11S. The lowest BCUT2D eigenvalue weighted by atomic mass is 9.72.